The summed E-state index contributed by atoms with van der Waals surface area (Å²) in [4.78, 5) is 7.71. The van der Waals surface area contributed by atoms with Crippen LogP contribution in [0.4, 0.5) is 10.2 Å². The minimum atomic E-state index is -0.206. The Kier molecular flexibility index (Phi) is 3.90. The molecule has 6 heteroatoms. The first-order valence-electron chi connectivity index (χ1n) is 6.73. The Morgan fingerprint density at radius 2 is 2.29 bits per heavy atom. The van der Waals surface area contributed by atoms with Crippen molar-refractivity contribution in [2.75, 3.05) is 19.0 Å². The van der Waals surface area contributed by atoms with Crippen LogP contribution in [0.25, 0.3) is 4.96 Å². The molecule has 0 fully saturated rings. The normalized spacial score (nSPS) is 11.2. The van der Waals surface area contributed by atoms with Gasteiger partial charge in [0.2, 0.25) is 0 Å². The summed E-state index contributed by atoms with van der Waals surface area (Å²) in [7, 11) is 3.90. The predicted molar refractivity (Wildman–Crippen MR) is 84.3 cm³/mol. The van der Waals surface area contributed by atoms with Gasteiger partial charge in [0, 0.05) is 31.7 Å². The molecule has 0 aliphatic carbocycles. The van der Waals surface area contributed by atoms with Gasteiger partial charge >= 0.3 is 0 Å². The maximum atomic E-state index is 13.3. The number of nitrogens with one attached hydrogen (secondary N) is 1. The fourth-order valence-electron chi connectivity index (χ4n) is 2.44. The molecule has 0 bridgehead atoms. The van der Waals surface area contributed by atoms with Crippen molar-refractivity contribution < 1.29 is 4.39 Å². The maximum absolute atomic E-state index is 13.3. The van der Waals surface area contributed by atoms with Crippen LogP contribution in [0.1, 0.15) is 11.3 Å². The average Bonchev–Trinajstić information content (AvgIpc) is 3.01. The second kappa shape index (κ2) is 5.83. The van der Waals surface area contributed by atoms with E-state index in [4.69, 9.17) is 0 Å². The van der Waals surface area contributed by atoms with Gasteiger partial charge in [0.15, 0.2) is 10.8 Å². The quantitative estimate of drug-likeness (QED) is 0.787. The van der Waals surface area contributed by atoms with E-state index < -0.39 is 0 Å². The highest BCUT2D eigenvalue weighted by molar-refractivity contribution is 7.15. The molecule has 1 N–H and O–H groups in total. The zero-order valence-corrected chi connectivity index (χ0v) is 12.8. The van der Waals surface area contributed by atoms with Gasteiger partial charge in [-0.3, -0.25) is 4.40 Å². The third kappa shape index (κ3) is 2.77. The zero-order valence-electron chi connectivity index (χ0n) is 12.0. The number of thiazole rings is 1. The molecule has 0 atom stereocenters. The third-order valence-electron chi connectivity index (χ3n) is 3.35. The lowest BCUT2D eigenvalue weighted by Gasteiger charge is -2.18. The van der Waals surface area contributed by atoms with Crippen molar-refractivity contribution >= 4 is 22.1 Å². The summed E-state index contributed by atoms with van der Waals surface area (Å²) in [5.74, 6) is 0.725. The minimum absolute atomic E-state index is 0.206. The highest BCUT2D eigenvalue weighted by Gasteiger charge is 2.16. The molecular weight excluding hydrogens is 287 g/mol. The molecule has 0 radical (unpaired) electrons. The van der Waals surface area contributed by atoms with Crippen LogP contribution in [0.3, 0.4) is 0 Å². The molecule has 21 heavy (non-hydrogen) atoms. The van der Waals surface area contributed by atoms with E-state index in [1.165, 1.54) is 6.07 Å². The summed E-state index contributed by atoms with van der Waals surface area (Å²) >= 11 is 1.61. The highest BCUT2D eigenvalue weighted by atomic mass is 32.1. The Morgan fingerprint density at radius 3 is 3.05 bits per heavy atom. The molecule has 3 aromatic rings. The summed E-state index contributed by atoms with van der Waals surface area (Å²) in [6.07, 6.45) is 2.03. The number of halogens is 1. The Hall–Kier alpha value is -1.92. The number of hydrogen-bond donors (Lipinski definition) is 1. The van der Waals surface area contributed by atoms with E-state index in [1.807, 2.05) is 31.7 Å². The minimum Gasteiger partial charge on any atom is -0.354 e. The molecule has 0 saturated carbocycles. The average molecular weight is 304 g/mol. The van der Waals surface area contributed by atoms with Crippen LogP contribution in [-0.2, 0) is 13.1 Å². The van der Waals surface area contributed by atoms with Crippen LogP contribution in [0.5, 0.6) is 0 Å². The summed E-state index contributed by atoms with van der Waals surface area (Å²) in [5.41, 5.74) is 2.05. The van der Waals surface area contributed by atoms with Crippen molar-refractivity contribution in [1.29, 1.82) is 0 Å². The number of anilines is 1. The van der Waals surface area contributed by atoms with Gasteiger partial charge in [0.1, 0.15) is 5.82 Å². The molecule has 0 aliphatic rings. The first-order chi connectivity index (χ1) is 10.2. The molecule has 2 heterocycles. The van der Waals surface area contributed by atoms with Crippen molar-refractivity contribution in [3.63, 3.8) is 0 Å². The van der Waals surface area contributed by atoms with E-state index in [0.717, 1.165) is 28.6 Å². The van der Waals surface area contributed by atoms with Gasteiger partial charge in [0.25, 0.3) is 0 Å². The van der Waals surface area contributed by atoms with Crippen LogP contribution in [0, 0.1) is 5.82 Å². The van der Waals surface area contributed by atoms with Crippen LogP contribution >= 0.6 is 11.3 Å². The lowest BCUT2D eigenvalue weighted by molar-refractivity contribution is 0.625. The molecule has 0 amide bonds. The van der Waals surface area contributed by atoms with Crippen molar-refractivity contribution in [3.05, 3.63) is 52.9 Å². The fourth-order valence-corrected chi connectivity index (χ4v) is 3.17. The highest BCUT2D eigenvalue weighted by Crippen LogP contribution is 2.25. The van der Waals surface area contributed by atoms with E-state index in [9.17, 15) is 4.39 Å². The standard InChI is InChI=1S/C15H17FN4S/c1-17-9-13-14(18-15-20(13)6-7-21-15)19(2)10-11-4-3-5-12(16)8-11/h3-8,17H,9-10H2,1-2H3. The largest absolute Gasteiger partial charge is 0.354 e. The van der Waals surface area contributed by atoms with E-state index in [1.54, 1.807) is 23.5 Å². The smallest absolute Gasteiger partial charge is 0.195 e. The van der Waals surface area contributed by atoms with Crippen LogP contribution in [0.2, 0.25) is 0 Å². The number of fused-ring (bicyclic) bond motifs is 1. The summed E-state index contributed by atoms with van der Waals surface area (Å²) in [6, 6.07) is 6.68. The topological polar surface area (TPSA) is 32.6 Å². The van der Waals surface area contributed by atoms with Gasteiger partial charge in [0.05, 0.1) is 5.69 Å². The molecule has 3 rings (SSSR count). The Labute approximate surface area is 126 Å². The summed E-state index contributed by atoms with van der Waals surface area (Å²) in [5, 5.41) is 5.20. The number of hydrogen-bond acceptors (Lipinski definition) is 4. The molecule has 0 spiro atoms. The first kappa shape index (κ1) is 14.0. The number of rotatable bonds is 5. The first-order valence-corrected chi connectivity index (χ1v) is 7.61. The van der Waals surface area contributed by atoms with Gasteiger partial charge < -0.3 is 10.2 Å². The lowest BCUT2D eigenvalue weighted by Crippen LogP contribution is -2.20. The van der Waals surface area contributed by atoms with Gasteiger partial charge in [-0.15, -0.1) is 11.3 Å². The Morgan fingerprint density at radius 1 is 1.43 bits per heavy atom. The molecule has 1 aromatic carbocycles. The number of benzene rings is 1. The van der Waals surface area contributed by atoms with E-state index in [-0.39, 0.29) is 5.82 Å². The van der Waals surface area contributed by atoms with Gasteiger partial charge in [-0.1, -0.05) is 12.1 Å². The molecule has 110 valence electrons. The van der Waals surface area contributed by atoms with Crippen molar-refractivity contribution in [1.82, 2.24) is 14.7 Å². The number of imidazole rings is 1. The van der Waals surface area contributed by atoms with E-state index >= 15 is 0 Å². The van der Waals surface area contributed by atoms with Crippen LogP contribution in [-0.4, -0.2) is 23.5 Å². The molecule has 4 nitrogen and oxygen atoms in total. The predicted octanol–water partition coefficient (Wildman–Crippen LogP) is 2.89. The molecule has 0 saturated heterocycles. The van der Waals surface area contributed by atoms with Crippen molar-refractivity contribution in [2.24, 2.45) is 0 Å². The summed E-state index contributed by atoms with van der Waals surface area (Å²) < 4.78 is 15.4. The van der Waals surface area contributed by atoms with E-state index in [0.29, 0.717) is 6.54 Å². The van der Waals surface area contributed by atoms with Crippen LogP contribution in [0.15, 0.2) is 35.8 Å². The lowest BCUT2D eigenvalue weighted by atomic mass is 10.2. The van der Waals surface area contributed by atoms with Gasteiger partial charge in [-0.05, 0) is 24.7 Å². The Bertz CT molecular complexity index is 749. The Balaban J connectivity index is 1.91. The third-order valence-corrected chi connectivity index (χ3v) is 4.11. The number of nitrogens with zero attached hydrogens (tertiary/aromatic N) is 3. The molecular formula is C15H17FN4S. The molecule has 2 aromatic heterocycles. The maximum Gasteiger partial charge on any atom is 0.195 e. The van der Waals surface area contributed by atoms with Crippen molar-refractivity contribution in [3.8, 4) is 0 Å². The van der Waals surface area contributed by atoms with Gasteiger partial charge in [-0.2, -0.15) is 0 Å². The van der Waals surface area contributed by atoms with E-state index in [2.05, 4.69) is 19.6 Å². The van der Waals surface area contributed by atoms with Crippen molar-refractivity contribution in [2.45, 2.75) is 13.1 Å². The monoisotopic (exact) mass is 304 g/mol. The summed E-state index contributed by atoms with van der Waals surface area (Å²) in [6.45, 7) is 1.36. The molecule has 0 unspecified atom stereocenters. The zero-order chi connectivity index (χ0) is 14.8. The fraction of sp³-hybridized carbons (Fsp3) is 0.267. The molecule has 0 aliphatic heterocycles. The van der Waals surface area contributed by atoms with Crippen LogP contribution < -0.4 is 10.2 Å². The second-order valence-corrected chi connectivity index (χ2v) is 5.83. The SMILES string of the molecule is CNCc1c(N(C)Cc2cccc(F)c2)nc2sccn12. The second-order valence-electron chi connectivity index (χ2n) is 4.95. The van der Waals surface area contributed by atoms with Gasteiger partial charge in [-0.25, -0.2) is 9.37 Å². The number of aromatic nitrogens is 2.